The highest BCUT2D eigenvalue weighted by Gasteiger charge is 2.68. The van der Waals surface area contributed by atoms with Gasteiger partial charge < -0.3 is 29.9 Å². The zero-order chi connectivity index (χ0) is 60.2. The van der Waals surface area contributed by atoms with E-state index in [1.165, 1.54) is 35.3 Å². The van der Waals surface area contributed by atoms with E-state index in [-0.39, 0.29) is 37.0 Å². The van der Waals surface area contributed by atoms with Crippen LogP contribution in [0.25, 0.3) is 17.2 Å². The number of rotatable bonds is 16. The number of carbonyl (C=O) groups excluding carboxylic acids is 6. The quantitative estimate of drug-likeness (QED) is 0.0419. The molecule has 0 aromatic heterocycles. The van der Waals surface area contributed by atoms with Crippen LogP contribution >= 0.6 is 11.6 Å². The first-order chi connectivity index (χ1) is 42.4. The van der Waals surface area contributed by atoms with Crippen molar-refractivity contribution >= 4 is 59.1 Å². The van der Waals surface area contributed by atoms with E-state index in [0.29, 0.717) is 57.5 Å². The second-order valence-electron chi connectivity index (χ2n) is 23.9. The number of carbonyl (C=O) groups is 6. The van der Waals surface area contributed by atoms with Crippen molar-refractivity contribution in [3.05, 3.63) is 237 Å². The first kappa shape index (κ1) is 58.6. The number of piperidine rings is 1. The predicted octanol–water partition coefficient (Wildman–Crippen LogP) is 12.9. The molecule has 7 aromatic carbocycles. The first-order valence-corrected chi connectivity index (χ1v) is 31.1. The first-order valence-electron chi connectivity index (χ1n) is 30.7. The van der Waals surface area contributed by atoms with E-state index in [2.05, 4.69) is 22.8 Å². The normalized spacial score (nSPS) is 20.3. The lowest BCUT2D eigenvalue weighted by molar-refractivity contribution is -0.157. The summed E-state index contributed by atoms with van der Waals surface area (Å²) in [5.41, 5.74) is 4.94. The third kappa shape index (κ3) is 11.6. The van der Waals surface area contributed by atoms with Gasteiger partial charge in [-0.15, -0.1) is 0 Å². The molecule has 13 nitrogen and oxygen atoms in total. The summed E-state index contributed by atoms with van der Waals surface area (Å²) in [6.45, 7) is 2.74. The number of anilines is 1. The van der Waals surface area contributed by atoms with Crippen molar-refractivity contribution in [3.63, 3.8) is 0 Å². The van der Waals surface area contributed by atoms with Crippen LogP contribution in [0, 0.1) is 5.92 Å². The number of halogens is 1. The third-order valence-corrected chi connectivity index (χ3v) is 18.9. The Morgan fingerprint density at radius 2 is 1.29 bits per heavy atom. The van der Waals surface area contributed by atoms with Gasteiger partial charge in [-0.25, -0.2) is 4.79 Å². The Bertz CT molecular complexity index is 3700. The van der Waals surface area contributed by atoms with E-state index >= 15 is 14.4 Å². The lowest BCUT2D eigenvalue weighted by atomic mass is 9.79. The molecule has 2 aliphatic heterocycles. The molecule has 5 aliphatic rings. The van der Waals surface area contributed by atoms with Gasteiger partial charge in [0.25, 0.3) is 11.8 Å². The lowest BCUT2D eigenvalue weighted by Crippen LogP contribution is -2.60. The smallest absolute Gasteiger partial charge is 0.408 e. The molecule has 2 saturated carbocycles. The fourth-order valence-corrected chi connectivity index (χ4v) is 14.1. The number of hydrogen-bond donors (Lipinski definition) is 2. The molecule has 87 heavy (non-hydrogen) atoms. The topological polar surface area (TPSA) is 155 Å². The van der Waals surface area contributed by atoms with Crippen molar-refractivity contribution in [2.45, 2.75) is 113 Å². The van der Waals surface area contributed by atoms with Gasteiger partial charge in [-0.2, -0.15) is 0 Å². The van der Waals surface area contributed by atoms with Crippen molar-refractivity contribution in [1.82, 2.24) is 20.4 Å². The second-order valence-corrected chi connectivity index (χ2v) is 24.3. The summed E-state index contributed by atoms with van der Waals surface area (Å²) in [7, 11) is 1.48. The number of fused-ring (bicyclic) bond motifs is 4. The van der Waals surface area contributed by atoms with Gasteiger partial charge in [-0.1, -0.05) is 207 Å². The maximum atomic E-state index is 16.1. The Balaban J connectivity index is 0.905. The van der Waals surface area contributed by atoms with Gasteiger partial charge in [0.05, 0.1) is 11.6 Å². The number of nitrogens with one attached hydrogen (secondary N) is 2. The largest absolute Gasteiger partial charge is 0.449 e. The van der Waals surface area contributed by atoms with Gasteiger partial charge >= 0.3 is 12.1 Å². The molecule has 0 spiro atoms. The Labute approximate surface area is 513 Å². The zero-order valence-corrected chi connectivity index (χ0v) is 49.9. The van der Waals surface area contributed by atoms with Gasteiger partial charge in [0.1, 0.15) is 29.9 Å². The highest BCUT2D eigenvalue weighted by molar-refractivity contribution is 6.31. The standard InChI is InChI=1S/C73H72ClN5O8/c1-48(67(81)78-42-22-7-23-43-78)75-66(80)64(44-49-24-8-5-9-25-49)79-63-37-21-14-28-52(63)45-65(68(79)82)77(2)70(84)72(76-71(85)86-47-59-57-33-17-15-31-55(57)56-32-16-18-34-58(56)59)46-61(72)69(83)87-73(53-29-12-6-13-30-53,60-35-19-20-36-62(60)74)54-40-38-51(39-41-54)50-26-10-3-4-11-27-50/h5-6,8-9,12-21,24-25,28-41,44,48,50,59,61,65H,3-4,7,10-11,22-23,26-27,42-43,45-47H2,1-2H3,(H,75,80)(H,76,85)/b64-44+/t48-,61?,65-,72+,73?/m0/s1. The van der Waals surface area contributed by atoms with Gasteiger partial charge in [0, 0.05) is 54.2 Å². The van der Waals surface area contributed by atoms with E-state index in [1.807, 2.05) is 140 Å². The lowest BCUT2D eigenvalue weighted by Gasteiger charge is -2.40. The maximum Gasteiger partial charge on any atom is 0.408 e. The molecule has 2 unspecified atom stereocenters. The number of para-hydroxylation sites is 1. The van der Waals surface area contributed by atoms with Crippen LogP contribution in [-0.4, -0.2) is 89.9 Å². The summed E-state index contributed by atoms with van der Waals surface area (Å²) in [6.07, 6.45) is 10.1. The number of amides is 5. The van der Waals surface area contributed by atoms with E-state index < -0.39 is 58.9 Å². The summed E-state index contributed by atoms with van der Waals surface area (Å²) in [5.74, 6) is -4.30. The molecule has 7 aromatic rings. The SMILES string of the molecule is C[C@H](NC(=O)/C(=C\c1ccccc1)N1C(=O)[C@@H](N(C)C(=O)[C@@]2(NC(=O)OCC3c4ccccc4-c4ccccc43)CC2C(=O)OC(c2ccccc2)(c2ccc(C3CCCCCC3)cc2)c2ccccc2Cl)Cc2ccccc21)C(=O)N1CCCCC1. The van der Waals surface area contributed by atoms with Crippen molar-refractivity contribution in [2.75, 3.05) is 31.6 Å². The van der Waals surface area contributed by atoms with Gasteiger partial charge in [-0.3, -0.25) is 28.9 Å². The van der Waals surface area contributed by atoms with Gasteiger partial charge in [0.15, 0.2) is 5.60 Å². The molecule has 14 heteroatoms. The second kappa shape index (κ2) is 25.3. The number of esters is 1. The minimum Gasteiger partial charge on any atom is -0.449 e. The summed E-state index contributed by atoms with van der Waals surface area (Å²) in [5, 5.41) is 6.17. The summed E-state index contributed by atoms with van der Waals surface area (Å²) in [4.78, 5) is 95.4. The van der Waals surface area contributed by atoms with Crippen LogP contribution in [0.5, 0.6) is 0 Å². The molecule has 12 rings (SSSR count). The minimum atomic E-state index is -1.99. The van der Waals surface area contributed by atoms with Crippen LogP contribution < -0.4 is 15.5 Å². The van der Waals surface area contributed by atoms with Crippen LogP contribution in [0.3, 0.4) is 0 Å². The molecule has 1 saturated heterocycles. The Morgan fingerprint density at radius 3 is 1.97 bits per heavy atom. The fourth-order valence-electron chi connectivity index (χ4n) is 13.8. The van der Waals surface area contributed by atoms with E-state index in [0.717, 1.165) is 67.2 Å². The minimum absolute atomic E-state index is 0.0223. The van der Waals surface area contributed by atoms with Crippen molar-refractivity contribution in [1.29, 1.82) is 0 Å². The Morgan fingerprint density at radius 1 is 0.701 bits per heavy atom. The molecule has 444 valence electrons. The molecular weight excluding hydrogens is 1110 g/mol. The van der Waals surface area contributed by atoms with Gasteiger partial charge in [0.2, 0.25) is 11.8 Å². The zero-order valence-electron chi connectivity index (χ0n) is 49.2. The summed E-state index contributed by atoms with van der Waals surface area (Å²) < 4.78 is 13.2. The van der Waals surface area contributed by atoms with Crippen molar-refractivity contribution < 1.29 is 38.2 Å². The van der Waals surface area contributed by atoms with Crippen LogP contribution in [0.1, 0.15) is 127 Å². The molecule has 0 radical (unpaired) electrons. The number of likely N-dealkylation sites (N-methyl/N-ethyl adjacent to an activating group) is 1. The third-order valence-electron chi connectivity index (χ3n) is 18.5. The van der Waals surface area contributed by atoms with Crippen LogP contribution in [-0.2, 0) is 45.5 Å². The molecule has 2 N–H and O–H groups in total. The average Bonchev–Trinajstić information content (AvgIpc) is 1.76. The van der Waals surface area contributed by atoms with Gasteiger partial charge in [-0.05, 0) is 109 Å². The fraction of sp³-hybridized carbons (Fsp3) is 0.315. The van der Waals surface area contributed by atoms with E-state index in [4.69, 9.17) is 21.1 Å². The van der Waals surface area contributed by atoms with Crippen molar-refractivity contribution in [3.8, 4) is 11.1 Å². The van der Waals surface area contributed by atoms with E-state index in [1.54, 1.807) is 48.2 Å². The molecule has 5 amide bonds. The number of benzene rings is 7. The molecule has 2 heterocycles. The monoisotopic (exact) mass is 1180 g/mol. The molecule has 0 bridgehead atoms. The van der Waals surface area contributed by atoms with Crippen molar-refractivity contribution in [2.24, 2.45) is 5.92 Å². The van der Waals surface area contributed by atoms with Crippen LogP contribution in [0.2, 0.25) is 5.02 Å². The highest BCUT2D eigenvalue weighted by atomic mass is 35.5. The Hall–Kier alpha value is -8.81. The maximum absolute atomic E-state index is 16.1. The molecular formula is C73H72ClN5O8. The molecule has 3 aliphatic carbocycles. The highest BCUT2D eigenvalue weighted by Crippen LogP contribution is 2.52. The number of nitrogens with zero attached hydrogens (tertiary/aromatic N) is 3. The molecule has 3 fully saturated rings. The number of alkyl carbamates (subject to hydrolysis) is 1. The van der Waals surface area contributed by atoms with Crippen LogP contribution in [0.15, 0.2) is 188 Å². The number of ether oxygens (including phenoxy) is 2. The summed E-state index contributed by atoms with van der Waals surface area (Å²) in [6, 6.07) is 54.9. The Kier molecular flexibility index (Phi) is 17.0. The number of likely N-dealkylation sites (tertiary alicyclic amines) is 1. The average molecular weight is 1180 g/mol. The summed E-state index contributed by atoms with van der Waals surface area (Å²) >= 11 is 7.22. The number of hydrogen-bond acceptors (Lipinski definition) is 8. The van der Waals surface area contributed by atoms with E-state index in [9.17, 15) is 14.4 Å². The molecule has 5 atom stereocenters. The predicted molar refractivity (Wildman–Crippen MR) is 336 cm³/mol. The van der Waals surface area contributed by atoms with Crippen LogP contribution in [0.4, 0.5) is 10.5 Å².